The molecule has 0 aliphatic rings. The van der Waals surface area contributed by atoms with Crippen LogP contribution < -0.4 is 5.73 Å². The molecule has 2 rings (SSSR count). The molecule has 1 aromatic heterocycles. The van der Waals surface area contributed by atoms with Gasteiger partial charge in [-0.2, -0.15) is 0 Å². The van der Waals surface area contributed by atoms with Gasteiger partial charge in [0.25, 0.3) is 0 Å². The van der Waals surface area contributed by atoms with Crippen molar-refractivity contribution in [1.29, 1.82) is 0 Å². The van der Waals surface area contributed by atoms with Crippen molar-refractivity contribution in [3.63, 3.8) is 0 Å². The minimum absolute atomic E-state index is 0.675. The van der Waals surface area contributed by atoms with Gasteiger partial charge in [0.05, 0.1) is 10.5 Å². The third-order valence-electron chi connectivity index (χ3n) is 2.27. The molecule has 14 heavy (non-hydrogen) atoms. The summed E-state index contributed by atoms with van der Waals surface area (Å²) in [6.07, 6.45) is 0. The highest BCUT2D eigenvalue weighted by Gasteiger charge is 2.07. The summed E-state index contributed by atoms with van der Waals surface area (Å²) in [5, 5.41) is 1.53. The van der Waals surface area contributed by atoms with E-state index in [0.717, 1.165) is 22.2 Å². The molecule has 0 bridgehead atoms. The number of hydrogen-bond acceptors (Lipinski definition) is 2. The Labute approximate surface area is 87.7 Å². The lowest BCUT2D eigenvalue weighted by Crippen LogP contribution is -1.93. The van der Waals surface area contributed by atoms with Crippen molar-refractivity contribution in [1.82, 2.24) is 4.98 Å². The van der Waals surface area contributed by atoms with E-state index in [2.05, 4.69) is 4.98 Å². The van der Waals surface area contributed by atoms with Crippen molar-refractivity contribution in [3.05, 3.63) is 34.5 Å². The number of anilines is 1. The second-order valence-corrected chi connectivity index (χ2v) is 3.85. The average molecular weight is 207 g/mol. The summed E-state index contributed by atoms with van der Waals surface area (Å²) in [4.78, 5) is 4.43. The predicted octanol–water partition coefficient (Wildman–Crippen LogP) is 3.09. The second kappa shape index (κ2) is 3.14. The first kappa shape index (κ1) is 9.28. The summed E-state index contributed by atoms with van der Waals surface area (Å²) in [7, 11) is 0. The lowest BCUT2D eigenvalue weighted by atomic mass is 10.1. The molecule has 0 unspecified atom stereocenters. The minimum Gasteiger partial charge on any atom is -0.398 e. The summed E-state index contributed by atoms with van der Waals surface area (Å²) in [6.45, 7) is 3.93. The molecule has 0 aliphatic carbocycles. The number of nitrogen functional groups attached to an aromatic ring is 1. The molecular weight excluding hydrogens is 196 g/mol. The Hall–Kier alpha value is -1.28. The zero-order valence-corrected chi connectivity index (χ0v) is 8.89. The van der Waals surface area contributed by atoms with Gasteiger partial charge in [0.1, 0.15) is 0 Å². The van der Waals surface area contributed by atoms with Gasteiger partial charge in [-0.1, -0.05) is 17.7 Å². The number of aromatic nitrogens is 1. The fraction of sp³-hybridized carbons (Fsp3) is 0.182. The smallest absolute Gasteiger partial charge is 0.0770 e. The van der Waals surface area contributed by atoms with Crippen LogP contribution in [-0.4, -0.2) is 4.98 Å². The van der Waals surface area contributed by atoms with Gasteiger partial charge in [-0.3, -0.25) is 4.98 Å². The first-order valence-corrected chi connectivity index (χ1v) is 4.79. The molecule has 0 atom stereocenters. The lowest BCUT2D eigenvalue weighted by Gasteiger charge is -2.07. The Morgan fingerprint density at radius 3 is 2.71 bits per heavy atom. The fourth-order valence-corrected chi connectivity index (χ4v) is 1.93. The number of rotatable bonds is 0. The number of pyridine rings is 1. The van der Waals surface area contributed by atoms with Crippen LogP contribution in [0.15, 0.2) is 18.2 Å². The van der Waals surface area contributed by atoms with Crippen LogP contribution in [0.2, 0.25) is 5.02 Å². The number of benzene rings is 1. The van der Waals surface area contributed by atoms with Crippen molar-refractivity contribution >= 4 is 28.2 Å². The van der Waals surface area contributed by atoms with Crippen LogP contribution >= 0.6 is 11.6 Å². The van der Waals surface area contributed by atoms with Crippen LogP contribution in [0.1, 0.15) is 11.3 Å². The molecule has 2 aromatic rings. The van der Waals surface area contributed by atoms with Gasteiger partial charge < -0.3 is 5.73 Å². The molecule has 0 saturated carbocycles. The molecule has 2 nitrogen and oxygen atoms in total. The molecule has 0 fully saturated rings. The van der Waals surface area contributed by atoms with Crippen molar-refractivity contribution < 1.29 is 0 Å². The highest BCUT2D eigenvalue weighted by Crippen LogP contribution is 2.30. The lowest BCUT2D eigenvalue weighted by molar-refractivity contribution is 1.24. The van der Waals surface area contributed by atoms with Gasteiger partial charge in [0, 0.05) is 16.8 Å². The molecule has 0 spiro atoms. The topological polar surface area (TPSA) is 38.9 Å². The van der Waals surface area contributed by atoms with Crippen molar-refractivity contribution in [2.24, 2.45) is 0 Å². The molecule has 1 heterocycles. The average Bonchev–Trinajstić information content (AvgIpc) is 2.10. The van der Waals surface area contributed by atoms with E-state index in [1.165, 1.54) is 0 Å². The predicted molar refractivity (Wildman–Crippen MR) is 60.6 cm³/mol. The summed E-state index contributed by atoms with van der Waals surface area (Å²) in [5.41, 5.74) is 9.44. The molecule has 0 radical (unpaired) electrons. The van der Waals surface area contributed by atoms with E-state index in [1.807, 2.05) is 32.0 Å². The first-order valence-electron chi connectivity index (χ1n) is 4.41. The standard InChI is InChI=1S/C11H11ClN2/c1-6-3-4-9(13)10-8(12)5-7(2)14-11(6)10/h3-5H,13H2,1-2H3. The number of hydrogen-bond donors (Lipinski definition) is 1. The van der Waals surface area contributed by atoms with Gasteiger partial charge >= 0.3 is 0 Å². The third-order valence-corrected chi connectivity index (χ3v) is 2.57. The summed E-state index contributed by atoms with van der Waals surface area (Å²) in [6, 6.07) is 5.65. The van der Waals surface area contributed by atoms with Gasteiger partial charge in [-0.15, -0.1) is 0 Å². The summed E-state index contributed by atoms with van der Waals surface area (Å²) in [5.74, 6) is 0. The largest absolute Gasteiger partial charge is 0.398 e. The Bertz CT molecular complexity index is 506. The van der Waals surface area contributed by atoms with Gasteiger partial charge in [0.2, 0.25) is 0 Å². The van der Waals surface area contributed by atoms with Crippen LogP contribution in [0.3, 0.4) is 0 Å². The van der Waals surface area contributed by atoms with E-state index >= 15 is 0 Å². The highest BCUT2D eigenvalue weighted by atomic mass is 35.5. The van der Waals surface area contributed by atoms with Crippen LogP contribution in [-0.2, 0) is 0 Å². The second-order valence-electron chi connectivity index (χ2n) is 3.44. The van der Waals surface area contributed by atoms with Gasteiger partial charge in [0.15, 0.2) is 0 Å². The van der Waals surface area contributed by atoms with Gasteiger partial charge in [-0.25, -0.2) is 0 Å². The van der Waals surface area contributed by atoms with Gasteiger partial charge in [-0.05, 0) is 31.5 Å². The normalized spacial score (nSPS) is 10.8. The maximum atomic E-state index is 6.12. The molecule has 0 amide bonds. The van der Waals surface area contributed by atoms with E-state index < -0.39 is 0 Å². The Morgan fingerprint density at radius 2 is 2.00 bits per heavy atom. The van der Waals surface area contributed by atoms with E-state index in [-0.39, 0.29) is 0 Å². The first-order chi connectivity index (χ1) is 6.59. The molecule has 0 saturated heterocycles. The van der Waals surface area contributed by atoms with E-state index in [0.29, 0.717) is 10.7 Å². The number of halogens is 1. The summed E-state index contributed by atoms with van der Waals surface area (Å²) >= 11 is 6.12. The Kier molecular flexibility index (Phi) is 2.08. The number of nitrogens with two attached hydrogens (primary N) is 1. The molecular formula is C11H11ClN2. The van der Waals surface area contributed by atoms with Crippen LogP contribution in [0.25, 0.3) is 10.9 Å². The maximum absolute atomic E-state index is 6.12. The number of aryl methyl sites for hydroxylation is 2. The fourth-order valence-electron chi connectivity index (χ4n) is 1.57. The minimum atomic E-state index is 0.675. The van der Waals surface area contributed by atoms with Crippen molar-refractivity contribution in [2.45, 2.75) is 13.8 Å². The van der Waals surface area contributed by atoms with Crippen molar-refractivity contribution in [2.75, 3.05) is 5.73 Å². The van der Waals surface area contributed by atoms with Crippen LogP contribution in [0, 0.1) is 13.8 Å². The zero-order valence-electron chi connectivity index (χ0n) is 8.13. The summed E-state index contributed by atoms with van der Waals surface area (Å²) < 4.78 is 0. The third kappa shape index (κ3) is 1.32. The molecule has 3 heteroatoms. The Morgan fingerprint density at radius 1 is 1.29 bits per heavy atom. The Balaban J connectivity index is 3.00. The molecule has 2 N–H and O–H groups in total. The SMILES string of the molecule is Cc1cc(Cl)c2c(N)ccc(C)c2n1. The maximum Gasteiger partial charge on any atom is 0.0770 e. The number of nitrogens with zero attached hydrogens (tertiary/aromatic N) is 1. The monoisotopic (exact) mass is 206 g/mol. The molecule has 72 valence electrons. The molecule has 0 aliphatic heterocycles. The highest BCUT2D eigenvalue weighted by molar-refractivity contribution is 6.36. The zero-order chi connectivity index (χ0) is 10.3. The van der Waals surface area contributed by atoms with E-state index in [4.69, 9.17) is 17.3 Å². The number of fused-ring (bicyclic) bond motifs is 1. The van der Waals surface area contributed by atoms with E-state index in [9.17, 15) is 0 Å². The van der Waals surface area contributed by atoms with Crippen molar-refractivity contribution in [3.8, 4) is 0 Å². The van der Waals surface area contributed by atoms with E-state index in [1.54, 1.807) is 0 Å². The van der Waals surface area contributed by atoms with Crippen LogP contribution in [0.4, 0.5) is 5.69 Å². The quantitative estimate of drug-likeness (QED) is 0.673. The van der Waals surface area contributed by atoms with Crippen LogP contribution in [0.5, 0.6) is 0 Å². The molecule has 1 aromatic carbocycles.